The van der Waals surface area contributed by atoms with Crippen LogP contribution in [0.2, 0.25) is 0 Å². The van der Waals surface area contributed by atoms with E-state index < -0.39 is 26.7 Å². The monoisotopic (exact) mass is 562 g/mol. The molecule has 0 N–H and O–H groups in total. The van der Waals surface area contributed by atoms with Crippen LogP contribution in [0.1, 0.15) is 35.6 Å². The molecule has 0 amide bonds. The highest BCUT2D eigenvalue weighted by Gasteiger charge is 2.51. The number of ether oxygens (including phenoxy) is 1. The first-order chi connectivity index (χ1) is 18.5. The van der Waals surface area contributed by atoms with Crippen LogP contribution in [0, 0.1) is 6.92 Å². The van der Waals surface area contributed by atoms with Crippen molar-refractivity contribution in [1.82, 2.24) is 19.0 Å². The molecule has 3 heterocycles. The number of fused-ring (bicyclic) bond motifs is 1. The molecule has 3 atom stereocenters. The molecule has 0 radical (unpaired) electrons. The Hall–Kier alpha value is -2.73. The first-order valence-corrected chi connectivity index (χ1v) is 14.5. The highest BCUT2D eigenvalue weighted by atomic mass is 32.2. The summed E-state index contributed by atoms with van der Waals surface area (Å²) in [5, 5.41) is 4.33. The van der Waals surface area contributed by atoms with Gasteiger partial charge in [0.2, 0.25) is 10.0 Å². The van der Waals surface area contributed by atoms with Gasteiger partial charge in [0.15, 0.2) is 0 Å². The predicted molar refractivity (Wildman–Crippen MR) is 142 cm³/mol. The highest BCUT2D eigenvalue weighted by Crippen LogP contribution is 2.44. The lowest BCUT2D eigenvalue weighted by atomic mass is 9.74. The van der Waals surface area contributed by atoms with E-state index in [4.69, 9.17) is 4.74 Å². The molecule has 1 unspecified atom stereocenters. The SMILES string of the molecule is COCC1[C@@H](c2ccc(-c3cnn(C)c3C)cc2)[C@@H]2CN(S(=O)(=O)c3ccccc3C(F)(F)F)CCCCN12. The van der Waals surface area contributed by atoms with Gasteiger partial charge in [0.1, 0.15) is 0 Å². The minimum atomic E-state index is -4.77. The fourth-order valence-electron chi connectivity index (χ4n) is 6.01. The van der Waals surface area contributed by atoms with Crippen LogP contribution in [-0.2, 0) is 28.0 Å². The molecule has 7 nitrogen and oxygen atoms in total. The van der Waals surface area contributed by atoms with Crippen LogP contribution in [0.15, 0.2) is 59.6 Å². The molecule has 11 heteroatoms. The predicted octanol–water partition coefficient (Wildman–Crippen LogP) is 4.68. The summed E-state index contributed by atoms with van der Waals surface area (Å²) in [6, 6.07) is 12.5. The lowest BCUT2D eigenvalue weighted by molar-refractivity contribution is -0.139. The van der Waals surface area contributed by atoms with Crippen LogP contribution >= 0.6 is 0 Å². The Labute approximate surface area is 227 Å². The van der Waals surface area contributed by atoms with Gasteiger partial charge in [0, 0.05) is 56.5 Å². The van der Waals surface area contributed by atoms with E-state index in [0.717, 1.165) is 47.5 Å². The van der Waals surface area contributed by atoms with Gasteiger partial charge in [-0.25, -0.2) is 8.42 Å². The fourth-order valence-corrected chi connectivity index (χ4v) is 7.72. The van der Waals surface area contributed by atoms with E-state index in [1.807, 2.05) is 37.0 Å². The second kappa shape index (κ2) is 10.7. The number of alkyl halides is 3. The van der Waals surface area contributed by atoms with Gasteiger partial charge in [0.05, 0.1) is 23.3 Å². The number of halogens is 3. The molecule has 39 heavy (non-hydrogen) atoms. The zero-order valence-corrected chi connectivity index (χ0v) is 23.0. The summed E-state index contributed by atoms with van der Waals surface area (Å²) in [6.45, 7) is 3.57. The van der Waals surface area contributed by atoms with E-state index in [1.165, 1.54) is 16.4 Å². The first kappa shape index (κ1) is 27.8. The zero-order chi connectivity index (χ0) is 27.9. The van der Waals surface area contributed by atoms with Crippen molar-refractivity contribution in [2.45, 2.75) is 48.8 Å². The normalized spacial score (nSPS) is 23.1. The number of aromatic nitrogens is 2. The van der Waals surface area contributed by atoms with Crippen molar-refractivity contribution in [3.63, 3.8) is 0 Å². The maximum Gasteiger partial charge on any atom is 0.417 e. The topological polar surface area (TPSA) is 67.7 Å². The summed E-state index contributed by atoms with van der Waals surface area (Å²) in [7, 11) is -0.830. The van der Waals surface area contributed by atoms with E-state index in [9.17, 15) is 21.6 Å². The molecular formula is C28H33F3N4O3S. The second-order valence-corrected chi connectivity index (χ2v) is 12.2. The van der Waals surface area contributed by atoms with E-state index in [1.54, 1.807) is 7.11 Å². The molecule has 2 aliphatic rings. The van der Waals surface area contributed by atoms with Crippen LogP contribution in [0.4, 0.5) is 13.2 Å². The third-order valence-corrected chi connectivity index (χ3v) is 10.1. The number of methoxy groups -OCH3 is 1. The maximum absolute atomic E-state index is 13.7. The molecule has 210 valence electrons. The average molecular weight is 563 g/mol. The third-order valence-electron chi connectivity index (χ3n) is 8.14. The minimum absolute atomic E-state index is 0.0253. The maximum atomic E-state index is 13.7. The Morgan fingerprint density at radius 3 is 2.38 bits per heavy atom. The van der Waals surface area contributed by atoms with Gasteiger partial charge in [-0.3, -0.25) is 9.58 Å². The number of aryl methyl sites for hydroxylation is 1. The van der Waals surface area contributed by atoms with Gasteiger partial charge in [0.25, 0.3) is 0 Å². The third kappa shape index (κ3) is 5.13. The minimum Gasteiger partial charge on any atom is -0.383 e. The number of nitrogens with zero attached hydrogens (tertiary/aromatic N) is 4. The van der Waals surface area contributed by atoms with Gasteiger partial charge >= 0.3 is 6.18 Å². The van der Waals surface area contributed by atoms with Crippen molar-refractivity contribution in [2.24, 2.45) is 7.05 Å². The van der Waals surface area contributed by atoms with Gasteiger partial charge in [-0.2, -0.15) is 22.6 Å². The van der Waals surface area contributed by atoms with Crippen molar-refractivity contribution >= 4 is 10.0 Å². The van der Waals surface area contributed by atoms with E-state index >= 15 is 0 Å². The number of sulfonamides is 1. The average Bonchev–Trinajstić information content (AvgIpc) is 3.22. The molecule has 5 rings (SSSR count). The first-order valence-electron chi connectivity index (χ1n) is 13.0. The summed E-state index contributed by atoms with van der Waals surface area (Å²) in [5.74, 6) is -0.0253. The standard InChI is InChI=1S/C28H33F3N4O3S/c1-19-22(16-32-33(19)2)20-10-12-21(13-11-20)27-24-17-34(14-6-7-15-35(24)25(27)18-38-3)39(36,37)26-9-5-4-8-23(26)28(29,30)31/h4-5,8-13,16,24-25,27H,6-7,14-15,17-18H2,1-3H3/t24-,25?,27-/m0/s1. The molecule has 0 spiro atoms. The number of rotatable bonds is 6. The molecule has 2 aromatic carbocycles. The molecular weight excluding hydrogens is 529 g/mol. The summed E-state index contributed by atoms with van der Waals surface area (Å²) in [5.41, 5.74) is 3.05. The Bertz CT molecular complexity index is 1420. The van der Waals surface area contributed by atoms with Crippen LogP contribution in [-0.4, -0.2) is 72.8 Å². The quantitative estimate of drug-likeness (QED) is 0.437. The van der Waals surface area contributed by atoms with E-state index in [-0.39, 0.29) is 31.1 Å². The van der Waals surface area contributed by atoms with Crippen molar-refractivity contribution in [2.75, 3.05) is 33.4 Å². The Morgan fingerprint density at radius 2 is 1.74 bits per heavy atom. The molecule has 2 saturated heterocycles. The zero-order valence-electron chi connectivity index (χ0n) is 22.2. The fraction of sp³-hybridized carbons (Fsp3) is 0.464. The van der Waals surface area contributed by atoms with Crippen LogP contribution < -0.4 is 0 Å². The van der Waals surface area contributed by atoms with Crippen molar-refractivity contribution in [1.29, 1.82) is 0 Å². The largest absolute Gasteiger partial charge is 0.417 e. The van der Waals surface area contributed by atoms with E-state index in [0.29, 0.717) is 13.0 Å². The molecule has 2 aliphatic heterocycles. The Kier molecular flexibility index (Phi) is 7.62. The van der Waals surface area contributed by atoms with Crippen molar-refractivity contribution < 1.29 is 26.3 Å². The Balaban J connectivity index is 1.47. The summed E-state index contributed by atoms with van der Waals surface area (Å²) < 4.78 is 77.1. The number of hydrogen-bond donors (Lipinski definition) is 0. The lowest BCUT2D eigenvalue weighted by Crippen LogP contribution is -2.68. The van der Waals surface area contributed by atoms with Gasteiger partial charge in [-0.05, 0) is 49.6 Å². The second-order valence-electron chi connectivity index (χ2n) is 10.3. The highest BCUT2D eigenvalue weighted by molar-refractivity contribution is 7.89. The molecule has 0 aliphatic carbocycles. The number of hydrogen-bond acceptors (Lipinski definition) is 5. The van der Waals surface area contributed by atoms with Crippen LogP contribution in [0.3, 0.4) is 0 Å². The van der Waals surface area contributed by atoms with E-state index in [2.05, 4.69) is 22.1 Å². The molecule has 2 fully saturated rings. The van der Waals surface area contributed by atoms with Gasteiger partial charge in [-0.15, -0.1) is 0 Å². The van der Waals surface area contributed by atoms with Gasteiger partial charge in [-0.1, -0.05) is 36.4 Å². The molecule has 0 bridgehead atoms. The number of benzene rings is 2. The molecule has 3 aromatic rings. The molecule has 0 saturated carbocycles. The summed E-state index contributed by atoms with van der Waals surface area (Å²) in [6.07, 6.45) is -1.62. The Morgan fingerprint density at radius 1 is 1.05 bits per heavy atom. The van der Waals surface area contributed by atoms with Crippen molar-refractivity contribution in [3.05, 3.63) is 71.5 Å². The molecule has 1 aromatic heterocycles. The van der Waals surface area contributed by atoms with Crippen LogP contribution in [0.25, 0.3) is 11.1 Å². The van der Waals surface area contributed by atoms with Crippen molar-refractivity contribution in [3.8, 4) is 11.1 Å². The summed E-state index contributed by atoms with van der Waals surface area (Å²) in [4.78, 5) is 1.56. The smallest absolute Gasteiger partial charge is 0.383 e. The summed E-state index contributed by atoms with van der Waals surface area (Å²) >= 11 is 0. The van der Waals surface area contributed by atoms with Gasteiger partial charge < -0.3 is 4.74 Å². The van der Waals surface area contributed by atoms with Crippen LogP contribution in [0.5, 0.6) is 0 Å². The lowest BCUT2D eigenvalue weighted by Gasteiger charge is -2.57.